The van der Waals surface area contributed by atoms with Crippen LogP contribution in [-0.2, 0) is 29.6 Å². The van der Waals surface area contributed by atoms with Gasteiger partial charge in [-0.2, -0.15) is 8.42 Å². The van der Waals surface area contributed by atoms with Crippen molar-refractivity contribution in [2.24, 2.45) is 0 Å². The molecule has 2 aliphatic rings. The fourth-order valence-corrected chi connectivity index (χ4v) is 3.69. The molecule has 1 saturated heterocycles. The predicted molar refractivity (Wildman–Crippen MR) is 82.7 cm³/mol. The highest BCUT2D eigenvalue weighted by Gasteiger charge is 2.45. The van der Waals surface area contributed by atoms with E-state index in [0.717, 1.165) is 12.0 Å². The maximum atomic E-state index is 12.7. The Balaban J connectivity index is 2.00. The Morgan fingerprint density at radius 3 is 2.56 bits per heavy atom. The minimum atomic E-state index is -3.90. The molecule has 10 heteroatoms. The van der Waals surface area contributed by atoms with Gasteiger partial charge in [-0.05, 0) is 18.1 Å². The molecule has 1 unspecified atom stereocenters. The Bertz CT molecular complexity index is 906. The van der Waals surface area contributed by atoms with Gasteiger partial charge in [0.1, 0.15) is 11.8 Å². The molecule has 1 aromatic carbocycles. The number of imide groups is 2. The highest BCUT2D eigenvalue weighted by atomic mass is 32.2. The summed E-state index contributed by atoms with van der Waals surface area (Å²) in [5.74, 6) is -3.21. The zero-order chi connectivity index (χ0) is 18.4. The van der Waals surface area contributed by atoms with Gasteiger partial charge in [0.05, 0.1) is 18.2 Å². The van der Waals surface area contributed by atoms with E-state index >= 15 is 0 Å². The van der Waals surface area contributed by atoms with Gasteiger partial charge in [-0.1, -0.05) is 12.1 Å². The fourth-order valence-electron chi connectivity index (χ4n) is 2.95. The van der Waals surface area contributed by atoms with Gasteiger partial charge in [-0.3, -0.25) is 33.6 Å². The van der Waals surface area contributed by atoms with Gasteiger partial charge in [0, 0.05) is 6.42 Å². The van der Waals surface area contributed by atoms with E-state index in [4.69, 9.17) is 0 Å². The molecule has 1 N–H and O–H groups in total. The van der Waals surface area contributed by atoms with Crippen molar-refractivity contribution < 1.29 is 31.8 Å². The van der Waals surface area contributed by atoms with E-state index in [1.165, 1.54) is 18.2 Å². The predicted octanol–water partition coefficient (Wildman–Crippen LogP) is -0.436. The number of piperidine rings is 1. The fraction of sp³-hybridized carbons (Fsp3) is 0.333. The van der Waals surface area contributed by atoms with Crippen molar-refractivity contribution in [2.45, 2.75) is 24.6 Å². The maximum Gasteiger partial charge on any atom is 0.271 e. The molecule has 0 saturated carbocycles. The standard InChI is InChI=1S/C15H14N2O7S/c1-24-25(22,23)7-8-3-2-4-9-12(8)15(21)17(14(9)20)10-5-6-11(18)16-13(10)19/h2-4,10H,5-7H2,1H3,(H,16,18,19). The number of nitrogens with zero attached hydrogens (tertiary/aromatic N) is 1. The van der Waals surface area contributed by atoms with E-state index in [-0.39, 0.29) is 29.5 Å². The highest BCUT2D eigenvalue weighted by molar-refractivity contribution is 7.85. The van der Waals surface area contributed by atoms with E-state index < -0.39 is 45.5 Å². The number of carbonyl (C=O) groups excluding carboxylic acids is 4. The lowest BCUT2D eigenvalue weighted by Gasteiger charge is -2.27. The first-order valence-corrected chi connectivity index (χ1v) is 8.94. The van der Waals surface area contributed by atoms with Crippen LogP contribution in [0.1, 0.15) is 39.1 Å². The molecule has 132 valence electrons. The Morgan fingerprint density at radius 1 is 1.20 bits per heavy atom. The number of amides is 4. The highest BCUT2D eigenvalue weighted by Crippen LogP contribution is 2.30. The Hall–Kier alpha value is -2.59. The molecule has 1 aromatic rings. The second kappa shape index (κ2) is 6.05. The average Bonchev–Trinajstić information content (AvgIpc) is 2.80. The van der Waals surface area contributed by atoms with Gasteiger partial charge in [0.25, 0.3) is 21.9 Å². The SMILES string of the molecule is COS(=O)(=O)Cc1cccc2c1C(=O)N(C1CCC(=O)NC1=O)C2=O. The summed E-state index contributed by atoms with van der Waals surface area (Å²) in [6.45, 7) is 0. The number of nitrogens with one attached hydrogen (secondary N) is 1. The Labute approximate surface area is 143 Å². The van der Waals surface area contributed by atoms with Crippen LogP contribution in [0.25, 0.3) is 0 Å². The number of benzene rings is 1. The van der Waals surface area contributed by atoms with Gasteiger partial charge in [0.2, 0.25) is 11.8 Å². The van der Waals surface area contributed by atoms with Crippen LogP contribution in [-0.4, -0.2) is 50.1 Å². The van der Waals surface area contributed by atoms with E-state index in [1.807, 2.05) is 0 Å². The summed E-state index contributed by atoms with van der Waals surface area (Å²) in [6, 6.07) is 3.16. The molecule has 0 radical (unpaired) electrons. The van der Waals surface area contributed by atoms with Gasteiger partial charge >= 0.3 is 0 Å². The molecule has 0 aromatic heterocycles. The summed E-state index contributed by atoms with van der Waals surface area (Å²) in [6.07, 6.45) is 0.0383. The average molecular weight is 366 g/mol. The van der Waals surface area contributed by atoms with Crippen LogP contribution in [0, 0.1) is 0 Å². The molecular formula is C15H14N2O7S. The largest absolute Gasteiger partial charge is 0.295 e. The Morgan fingerprint density at radius 2 is 1.92 bits per heavy atom. The minimum Gasteiger partial charge on any atom is -0.295 e. The number of hydrogen-bond acceptors (Lipinski definition) is 7. The van der Waals surface area contributed by atoms with Crippen LogP contribution in [0.5, 0.6) is 0 Å². The first kappa shape index (κ1) is 17.2. The van der Waals surface area contributed by atoms with Crippen molar-refractivity contribution in [2.75, 3.05) is 7.11 Å². The third kappa shape index (κ3) is 2.94. The number of hydrogen-bond donors (Lipinski definition) is 1. The second-order valence-corrected chi connectivity index (χ2v) is 7.39. The lowest BCUT2D eigenvalue weighted by Crippen LogP contribution is -2.54. The first-order valence-electron chi connectivity index (χ1n) is 7.37. The smallest absolute Gasteiger partial charge is 0.271 e. The molecule has 0 aliphatic carbocycles. The molecule has 4 amide bonds. The molecule has 2 aliphatic heterocycles. The van der Waals surface area contributed by atoms with Crippen LogP contribution >= 0.6 is 0 Å². The van der Waals surface area contributed by atoms with Gasteiger partial charge in [-0.15, -0.1) is 0 Å². The summed E-state index contributed by atoms with van der Waals surface area (Å²) in [5, 5.41) is 2.10. The number of rotatable bonds is 4. The molecule has 2 heterocycles. The molecule has 1 atom stereocenters. The molecule has 0 bridgehead atoms. The summed E-state index contributed by atoms with van der Waals surface area (Å²) < 4.78 is 27.8. The summed E-state index contributed by atoms with van der Waals surface area (Å²) >= 11 is 0. The van der Waals surface area contributed by atoms with Crippen LogP contribution in [0.3, 0.4) is 0 Å². The third-order valence-electron chi connectivity index (χ3n) is 4.14. The maximum absolute atomic E-state index is 12.7. The van der Waals surface area contributed by atoms with E-state index in [1.54, 1.807) is 0 Å². The van der Waals surface area contributed by atoms with Crippen LogP contribution in [0.15, 0.2) is 18.2 Å². The lowest BCUT2D eigenvalue weighted by atomic mass is 10.0. The van der Waals surface area contributed by atoms with Crippen LogP contribution < -0.4 is 5.32 Å². The van der Waals surface area contributed by atoms with E-state index in [2.05, 4.69) is 9.50 Å². The minimum absolute atomic E-state index is 0.00865. The Kier molecular flexibility index (Phi) is 4.17. The van der Waals surface area contributed by atoms with Crippen molar-refractivity contribution in [1.82, 2.24) is 10.2 Å². The van der Waals surface area contributed by atoms with Crippen molar-refractivity contribution in [3.63, 3.8) is 0 Å². The molecule has 1 fully saturated rings. The first-order chi connectivity index (χ1) is 11.7. The van der Waals surface area contributed by atoms with Crippen LogP contribution in [0.4, 0.5) is 0 Å². The summed E-state index contributed by atoms with van der Waals surface area (Å²) in [7, 11) is -2.90. The van der Waals surface area contributed by atoms with Crippen molar-refractivity contribution in [1.29, 1.82) is 0 Å². The molecule has 25 heavy (non-hydrogen) atoms. The van der Waals surface area contributed by atoms with Crippen molar-refractivity contribution in [3.8, 4) is 0 Å². The van der Waals surface area contributed by atoms with Gasteiger partial charge < -0.3 is 0 Å². The van der Waals surface area contributed by atoms with Gasteiger partial charge in [0.15, 0.2) is 0 Å². The summed E-state index contributed by atoms with van der Waals surface area (Å²) in [4.78, 5) is 49.4. The van der Waals surface area contributed by atoms with Crippen molar-refractivity contribution >= 4 is 33.7 Å². The van der Waals surface area contributed by atoms with E-state index in [9.17, 15) is 27.6 Å². The van der Waals surface area contributed by atoms with E-state index in [0.29, 0.717) is 0 Å². The third-order valence-corrected chi connectivity index (χ3v) is 5.31. The normalized spacial score (nSPS) is 20.7. The molecular weight excluding hydrogens is 352 g/mol. The quantitative estimate of drug-likeness (QED) is 0.565. The zero-order valence-electron chi connectivity index (χ0n) is 13.1. The molecule has 9 nitrogen and oxygen atoms in total. The monoisotopic (exact) mass is 366 g/mol. The lowest BCUT2D eigenvalue weighted by molar-refractivity contribution is -0.136. The zero-order valence-corrected chi connectivity index (χ0v) is 14.0. The topological polar surface area (TPSA) is 127 Å². The number of fused-ring (bicyclic) bond motifs is 1. The van der Waals surface area contributed by atoms with Crippen LogP contribution in [0.2, 0.25) is 0 Å². The summed E-state index contributed by atoms with van der Waals surface area (Å²) in [5.41, 5.74) is 0.0869. The van der Waals surface area contributed by atoms with Gasteiger partial charge in [-0.25, -0.2) is 0 Å². The second-order valence-electron chi connectivity index (χ2n) is 5.66. The van der Waals surface area contributed by atoms with Crippen molar-refractivity contribution in [3.05, 3.63) is 34.9 Å². The molecule has 0 spiro atoms. The molecule has 3 rings (SSSR count). The number of carbonyl (C=O) groups is 4.